The Hall–Kier alpha value is -0.760. The smallest absolute Gasteiger partial charge is 0.457 e. The van der Waals surface area contributed by atoms with Crippen LogP contribution in [-0.2, 0) is 27.9 Å². The third kappa shape index (κ3) is 36.5. The first-order valence-corrected chi connectivity index (χ1v) is 21.4. The Morgan fingerprint density at radius 2 is 1.08 bits per heavy atom. The molecule has 0 saturated carbocycles. The van der Waals surface area contributed by atoms with Crippen molar-refractivity contribution in [1.29, 1.82) is 0 Å². The molecule has 0 fully saturated rings. The lowest BCUT2D eigenvalue weighted by molar-refractivity contribution is -0.870. The quantitative estimate of drug-likeness (QED) is 0.0226. The lowest BCUT2D eigenvalue weighted by Gasteiger charge is -2.24. The number of hydrogen-bond acceptors (Lipinski definition) is 6. The van der Waals surface area contributed by atoms with Gasteiger partial charge in [0.2, 0.25) is 0 Å². The molecule has 0 aliphatic carbocycles. The number of rotatable bonds is 37. The minimum Gasteiger partial charge on any atom is -0.457 e. The summed E-state index contributed by atoms with van der Waals surface area (Å²) in [6, 6.07) is 0. The van der Waals surface area contributed by atoms with Crippen LogP contribution >= 0.6 is 7.82 Å². The van der Waals surface area contributed by atoms with E-state index >= 15 is 0 Å². The van der Waals surface area contributed by atoms with E-state index in [1.807, 2.05) is 21.1 Å². The summed E-state index contributed by atoms with van der Waals surface area (Å²) in [6.07, 6.45) is 33.7. The summed E-state index contributed by atoms with van der Waals surface area (Å²) >= 11 is 0. The second kappa shape index (κ2) is 33.4. The van der Waals surface area contributed by atoms with E-state index < -0.39 is 13.9 Å². The normalized spacial score (nSPS) is 14.0. The van der Waals surface area contributed by atoms with Crippen LogP contribution in [0.1, 0.15) is 174 Å². The number of hydrogen-bond donors (Lipinski definition) is 1. The zero-order valence-electron chi connectivity index (χ0n) is 32.2. The van der Waals surface area contributed by atoms with Crippen LogP contribution in [-0.4, -0.2) is 75.6 Å². The molecule has 1 N–H and O–H groups in total. The van der Waals surface area contributed by atoms with Gasteiger partial charge in [-0.1, -0.05) is 142 Å². The number of esters is 1. The van der Waals surface area contributed by atoms with Crippen molar-refractivity contribution in [2.24, 2.45) is 0 Å². The Labute approximate surface area is 297 Å². The molecule has 48 heavy (non-hydrogen) atoms. The average Bonchev–Trinajstić information content (AvgIpc) is 3.03. The molecule has 0 radical (unpaired) electrons. The maximum atomic E-state index is 12.6. The van der Waals surface area contributed by atoms with Crippen molar-refractivity contribution in [3.63, 3.8) is 0 Å². The average molecular weight is 705 g/mol. The van der Waals surface area contributed by atoms with Crippen molar-refractivity contribution in [3.8, 4) is 0 Å². The number of nitrogens with zero attached hydrogens (tertiary/aromatic N) is 1. The minimum absolute atomic E-state index is 0.0903. The molecule has 0 aliphatic rings. The maximum Gasteiger partial charge on any atom is 0.472 e. The highest BCUT2D eigenvalue weighted by Crippen LogP contribution is 2.43. The minimum atomic E-state index is -4.26. The predicted molar refractivity (Wildman–Crippen MR) is 201 cm³/mol. The molecule has 0 amide bonds. The molecule has 2 unspecified atom stereocenters. The topological polar surface area (TPSA) is 91.3 Å². The predicted octanol–water partition coefficient (Wildman–Crippen LogP) is 11.1. The first-order valence-electron chi connectivity index (χ1n) is 19.9. The van der Waals surface area contributed by atoms with Gasteiger partial charge in [0.15, 0.2) is 0 Å². The number of phosphoric acid groups is 1. The maximum absolute atomic E-state index is 12.6. The summed E-state index contributed by atoms with van der Waals surface area (Å²) in [5, 5.41) is 0. The Kier molecular flexibility index (Phi) is 32.9. The van der Waals surface area contributed by atoms with E-state index in [4.69, 9.17) is 18.5 Å². The second-order valence-electron chi connectivity index (χ2n) is 14.7. The van der Waals surface area contributed by atoms with Gasteiger partial charge in [-0.05, 0) is 38.5 Å². The van der Waals surface area contributed by atoms with Crippen LogP contribution in [0.2, 0.25) is 0 Å². The molecule has 0 aromatic carbocycles. The fourth-order valence-electron chi connectivity index (χ4n) is 5.43. The van der Waals surface area contributed by atoms with Gasteiger partial charge in [-0.25, -0.2) is 4.57 Å². The van der Waals surface area contributed by atoms with Crippen LogP contribution in [0.4, 0.5) is 0 Å². The molecular weight excluding hydrogens is 625 g/mol. The number of carbonyl (C=O) groups is 1. The lowest BCUT2D eigenvalue weighted by Crippen LogP contribution is -2.37. The highest BCUT2D eigenvalue weighted by atomic mass is 31.2. The molecule has 0 heterocycles. The Bertz CT molecular complexity index is 787. The third-order valence-electron chi connectivity index (χ3n) is 8.58. The Balaban J connectivity index is 4.26. The summed E-state index contributed by atoms with van der Waals surface area (Å²) < 4.78 is 34.9. The van der Waals surface area contributed by atoms with E-state index in [9.17, 15) is 14.3 Å². The summed E-state index contributed by atoms with van der Waals surface area (Å²) in [4.78, 5) is 22.8. The molecule has 0 aromatic heterocycles. The summed E-state index contributed by atoms with van der Waals surface area (Å²) in [5.74, 6) is -0.316. The fourth-order valence-corrected chi connectivity index (χ4v) is 6.17. The van der Waals surface area contributed by atoms with Crippen molar-refractivity contribution in [1.82, 2.24) is 0 Å². The van der Waals surface area contributed by atoms with Crippen molar-refractivity contribution >= 4 is 13.8 Å². The number of ether oxygens (including phenoxy) is 2. The molecule has 0 rings (SSSR count). The highest BCUT2D eigenvalue weighted by molar-refractivity contribution is 7.47. The standard InChI is InChI=1S/C39H78NO7P/c1-6-8-10-12-14-16-18-19-20-21-23-25-27-29-31-34-44-36-38(37-46-48(42,43)45-35-33-40(3,4)5)47-39(41)32-30-28-26-24-22-17-15-13-11-9-7-2/h18-19,38H,6-17,20-37H2,1-5H3/p+1/b19-18-. The van der Waals surface area contributed by atoms with E-state index in [2.05, 4.69) is 26.0 Å². The first kappa shape index (κ1) is 47.2. The molecule has 2 atom stereocenters. The van der Waals surface area contributed by atoms with Gasteiger partial charge in [0.25, 0.3) is 0 Å². The number of quaternary nitrogens is 1. The van der Waals surface area contributed by atoms with Gasteiger partial charge in [-0.15, -0.1) is 0 Å². The van der Waals surface area contributed by atoms with Crippen molar-refractivity contribution in [2.45, 2.75) is 180 Å². The molecular formula is C39H79NO7P+. The van der Waals surface area contributed by atoms with E-state index in [1.54, 1.807) is 0 Å². The zero-order valence-corrected chi connectivity index (χ0v) is 33.1. The zero-order chi connectivity index (χ0) is 35.6. The largest absolute Gasteiger partial charge is 0.472 e. The molecule has 0 bridgehead atoms. The van der Waals surface area contributed by atoms with Crippen LogP contribution in [0.25, 0.3) is 0 Å². The van der Waals surface area contributed by atoms with Gasteiger partial charge in [0.1, 0.15) is 19.3 Å². The second-order valence-corrected chi connectivity index (χ2v) is 16.1. The molecule has 9 heteroatoms. The fraction of sp³-hybridized carbons (Fsp3) is 0.923. The van der Waals surface area contributed by atoms with Crippen LogP contribution in [0.5, 0.6) is 0 Å². The first-order chi connectivity index (χ1) is 23.1. The molecule has 286 valence electrons. The molecule has 0 saturated heterocycles. The number of allylic oxidation sites excluding steroid dienone is 2. The number of unbranched alkanes of at least 4 members (excludes halogenated alkanes) is 21. The number of likely N-dealkylation sites (N-methyl/N-ethyl adjacent to an activating group) is 1. The number of carbonyl (C=O) groups excluding carboxylic acids is 1. The van der Waals surface area contributed by atoms with Crippen LogP contribution < -0.4 is 0 Å². The summed E-state index contributed by atoms with van der Waals surface area (Å²) in [5.41, 5.74) is 0. The van der Waals surface area contributed by atoms with E-state index in [1.165, 1.54) is 122 Å². The van der Waals surface area contributed by atoms with E-state index in [-0.39, 0.29) is 25.8 Å². The summed E-state index contributed by atoms with van der Waals surface area (Å²) in [6.45, 7) is 5.61. The number of phosphoric ester groups is 1. The van der Waals surface area contributed by atoms with E-state index in [0.29, 0.717) is 24.1 Å². The molecule has 8 nitrogen and oxygen atoms in total. The van der Waals surface area contributed by atoms with Crippen LogP contribution in [0.15, 0.2) is 12.2 Å². The lowest BCUT2D eigenvalue weighted by atomic mass is 10.1. The highest BCUT2D eigenvalue weighted by Gasteiger charge is 2.26. The van der Waals surface area contributed by atoms with Gasteiger partial charge < -0.3 is 18.9 Å². The van der Waals surface area contributed by atoms with Gasteiger partial charge >= 0.3 is 13.8 Å². The Morgan fingerprint density at radius 1 is 0.625 bits per heavy atom. The van der Waals surface area contributed by atoms with Crippen LogP contribution in [0, 0.1) is 0 Å². The van der Waals surface area contributed by atoms with Gasteiger partial charge in [-0.3, -0.25) is 13.8 Å². The van der Waals surface area contributed by atoms with Gasteiger partial charge in [0.05, 0.1) is 34.4 Å². The van der Waals surface area contributed by atoms with Gasteiger partial charge in [0, 0.05) is 13.0 Å². The Morgan fingerprint density at radius 3 is 1.58 bits per heavy atom. The van der Waals surface area contributed by atoms with Crippen LogP contribution in [0.3, 0.4) is 0 Å². The van der Waals surface area contributed by atoms with Crippen molar-refractivity contribution in [2.75, 3.05) is 54.1 Å². The molecule has 0 spiro atoms. The van der Waals surface area contributed by atoms with Crippen molar-refractivity contribution in [3.05, 3.63) is 12.2 Å². The third-order valence-corrected chi connectivity index (χ3v) is 9.56. The monoisotopic (exact) mass is 705 g/mol. The van der Waals surface area contributed by atoms with Crippen molar-refractivity contribution < 1.29 is 37.3 Å². The summed E-state index contributed by atoms with van der Waals surface area (Å²) in [7, 11) is 1.67. The molecule has 0 aromatic rings. The SMILES string of the molecule is CCCCCCC/C=C\CCCCCCCCOCC(COP(=O)(O)OCC[N+](C)(C)C)OC(=O)CCCCCCCCCCCCC. The van der Waals surface area contributed by atoms with Gasteiger partial charge in [-0.2, -0.15) is 0 Å². The van der Waals surface area contributed by atoms with E-state index in [0.717, 1.165) is 32.1 Å². The molecule has 0 aliphatic heterocycles.